The van der Waals surface area contributed by atoms with Crippen LogP contribution >= 0.6 is 0 Å². The number of carboxylic acids is 1. The van der Waals surface area contributed by atoms with Crippen LogP contribution in [0.3, 0.4) is 0 Å². The van der Waals surface area contributed by atoms with Crippen LogP contribution in [0, 0.1) is 0 Å². The van der Waals surface area contributed by atoms with E-state index in [4.69, 9.17) is 0 Å². The smallest absolute Gasteiger partial charge is 0.326 e. The summed E-state index contributed by atoms with van der Waals surface area (Å²) < 4.78 is 24.8. The van der Waals surface area contributed by atoms with E-state index in [-0.39, 0.29) is 17.7 Å². The number of sulfone groups is 1. The van der Waals surface area contributed by atoms with Gasteiger partial charge in [-0.1, -0.05) is 48.5 Å². The van der Waals surface area contributed by atoms with Gasteiger partial charge in [-0.2, -0.15) is 0 Å². The van der Waals surface area contributed by atoms with E-state index in [9.17, 15) is 32.7 Å². The number of carbonyl (C=O) groups excluding carboxylic acids is 3. The molecule has 3 rings (SSSR count). The van der Waals surface area contributed by atoms with Crippen LogP contribution in [0.25, 0.3) is 0 Å². The molecule has 10 nitrogen and oxygen atoms in total. The molecule has 0 aliphatic carbocycles. The molecule has 1 aliphatic heterocycles. The van der Waals surface area contributed by atoms with Crippen molar-refractivity contribution in [3.8, 4) is 0 Å². The molecule has 0 unspecified atom stereocenters. The van der Waals surface area contributed by atoms with Gasteiger partial charge in [0.2, 0.25) is 17.7 Å². The molecular weight excluding hydrogens is 462 g/mol. The molecule has 11 heteroatoms. The molecule has 0 aromatic heterocycles. The quantitative estimate of drug-likeness (QED) is 0.368. The predicted molar refractivity (Wildman–Crippen MR) is 121 cm³/mol. The molecule has 1 saturated heterocycles. The number of amides is 3. The van der Waals surface area contributed by atoms with Crippen molar-refractivity contribution in [2.45, 2.75) is 42.3 Å². The lowest BCUT2D eigenvalue weighted by molar-refractivity contribution is -0.142. The molecule has 34 heavy (non-hydrogen) atoms. The van der Waals surface area contributed by atoms with Crippen LogP contribution in [0.2, 0.25) is 0 Å². The number of benzene rings is 2. The van der Waals surface area contributed by atoms with Gasteiger partial charge in [0.15, 0.2) is 9.84 Å². The lowest BCUT2D eigenvalue weighted by Gasteiger charge is -2.29. The third-order valence-electron chi connectivity index (χ3n) is 5.35. The second kappa shape index (κ2) is 10.9. The first-order valence-corrected chi connectivity index (χ1v) is 12.3. The number of piperazine rings is 1. The maximum Gasteiger partial charge on any atom is 0.326 e. The first-order chi connectivity index (χ1) is 16.2. The Morgan fingerprint density at radius 1 is 0.912 bits per heavy atom. The highest BCUT2D eigenvalue weighted by Crippen LogP contribution is 2.13. The highest BCUT2D eigenvalue weighted by molar-refractivity contribution is 7.91. The lowest BCUT2D eigenvalue weighted by atomic mass is 10.0. The van der Waals surface area contributed by atoms with Crippen molar-refractivity contribution in [2.75, 3.05) is 5.75 Å². The molecule has 1 heterocycles. The average Bonchev–Trinajstić information content (AvgIpc) is 2.81. The Balaban J connectivity index is 1.54. The lowest BCUT2D eigenvalue weighted by Crippen LogP contribution is -2.63. The van der Waals surface area contributed by atoms with Crippen LogP contribution in [0.5, 0.6) is 0 Å². The highest BCUT2D eigenvalue weighted by Gasteiger charge is 2.35. The summed E-state index contributed by atoms with van der Waals surface area (Å²) in [5.74, 6) is -3.71. The largest absolute Gasteiger partial charge is 0.480 e. The SMILES string of the molecule is O=C(C[C@@H]1NC(=O)[C@H](Cc2ccccc2)NC1=O)N[C@@H](CCS(=O)(=O)c1ccccc1)C(=O)O. The van der Waals surface area contributed by atoms with Crippen LogP contribution in [-0.4, -0.2) is 61.1 Å². The number of nitrogens with one attached hydrogen (secondary N) is 3. The number of hydrogen-bond donors (Lipinski definition) is 4. The van der Waals surface area contributed by atoms with Crippen LogP contribution < -0.4 is 16.0 Å². The second-order valence-corrected chi connectivity index (χ2v) is 10.0. The summed E-state index contributed by atoms with van der Waals surface area (Å²) in [6, 6.07) is 13.2. The Kier molecular flexibility index (Phi) is 8.00. The monoisotopic (exact) mass is 487 g/mol. The summed E-state index contributed by atoms with van der Waals surface area (Å²) in [7, 11) is -3.74. The van der Waals surface area contributed by atoms with E-state index in [2.05, 4.69) is 16.0 Å². The predicted octanol–water partition coefficient (Wildman–Crippen LogP) is 0.0358. The molecule has 1 fully saturated rings. The summed E-state index contributed by atoms with van der Waals surface area (Å²) in [5.41, 5.74) is 0.855. The number of hydrogen-bond acceptors (Lipinski definition) is 6. The van der Waals surface area contributed by atoms with Gasteiger partial charge in [-0.25, -0.2) is 13.2 Å². The van der Waals surface area contributed by atoms with Gasteiger partial charge in [0, 0.05) is 6.42 Å². The molecule has 2 aromatic carbocycles. The van der Waals surface area contributed by atoms with Gasteiger partial charge < -0.3 is 21.1 Å². The third-order valence-corrected chi connectivity index (χ3v) is 7.11. The van der Waals surface area contributed by atoms with Gasteiger partial charge in [0.05, 0.1) is 17.1 Å². The van der Waals surface area contributed by atoms with Gasteiger partial charge in [-0.05, 0) is 24.1 Å². The first-order valence-electron chi connectivity index (χ1n) is 10.6. The van der Waals surface area contributed by atoms with Gasteiger partial charge in [-0.3, -0.25) is 14.4 Å². The molecule has 180 valence electrons. The van der Waals surface area contributed by atoms with Crippen molar-refractivity contribution in [2.24, 2.45) is 0 Å². The maximum atomic E-state index is 12.4. The fraction of sp³-hybridized carbons (Fsp3) is 0.304. The number of carboxylic acid groups (broad SMARTS) is 1. The summed E-state index contributed by atoms with van der Waals surface area (Å²) in [6.07, 6.45) is -0.556. The van der Waals surface area contributed by atoms with Crippen molar-refractivity contribution < 1.29 is 32.7 Å². The Hall–Kier alpha value is -3.73. The topological polar surface area (TPSA) is 159 Å². The molecule has 0 bridgehead atoms. The van der Waals surface area contributed by atoms with Gasteiger partial charge in [0.25, 0.3) is 0 Å². The van der Waals surface area contributed by atoms with Gasteiger partial charge in [0.1, 0.15) is 18.1 Å². The molecule has 0 spiro atoms. The number of rotatable bonds is 10. The fourth-order valence-electron chi connectivity index (χ4n) is 3.53. The van der Waals surface area contributed by atoms with Gasteiger partial charge in [-0.15, -0.1) is 0 Å². The Morgan fingerprint density at radius 3 is 2.09 bits per heavy atom. The third kappa shape index (κ3) is 6.64. The van der Waals surface area contributed by atoms with Crippen molar-refractivity contribution in [3.63, 3.8) is 0 Å². The van der Waals surface area contributed by atoms with E-state index >= 15 is 0 Å². The maximum absolute atomic E-state index is 12.4. The molecule has 4 N–H and O–H groups in total. The minimum Gasteiger partial charge on any atom is -0.480 e. The van der Waals surface area contributed by atoms with E-state index in [0.29, 0.717) is 0 Å². The first kappa shape index (κ1) is 24.9. The molecule has 3 atom stereocenters. The van der Waals surface area contributed by atoms with Crippen LogP contribution in [-0.2, 0) is 35.4 Å². The summed E-state index contributed by atoms with van der Waals surface area (Å²) in [5, 5.41) is 16.7. The zero-order chi connectivity index (χ0) is 24.7. The summed E-state index contributed by atoms with van der Waals surface area (Å²) in [4.78, 5) is 48.8. The molecular formula is C23H25N3O7S. The fourth-order valence-corrected chi connectivity index (χ4v) is 4.88. The van der Waals surface area contributed by atoms with Crippen molar-refractivity contribution >= 4 is 33.5 Å². The van der Waals surface area contributed by atoms with Gasteiger partial charge >= 0.3 is 5.97 Å². The number of carbonyl (C=O) groups is 4. The standard InChI is InChI=1S/C23H25N3O7S/c27-20(24-17(23(30)31)11-12-34(32,33)16-9-5-2-6-10-16)14-19-22(29)25-18(21(28)26-19)13-15-7-3-1-4-8-15/h1-10,17-19H,11-14H2,(H,24,27)(H,25,29)(H,26,28)(H,30,31)/t17-,18-,19-/m0/s1. The van der Waals surface area contributed by atoms with Crippen molar-refractivity contribution in [3.05, 3.63) is 66.2 Å². The summed E-state index contributed by atoms with van der Waals surface area (Å²) in [6.45, 7) is 0. The van der Waals surface area contributed by atoms with E-state index in [0.717, 1.165) is 5.56 Å². The minimum atomic E-state index is -3.74. The van der Waals surface area contributed by atoms with E-state index < -0.39 is 63.8 Å². The molecule has 0 saturated carbocycles. The van der Waals surface area contributed by atoms with Crippen molar-refractivity contribution in [1.82, 2.24) is 16.0 Å². The van der Waals surface area contributed by atoms with E-state index in [1.165, 1.54) is 12.1 Å². The molecule has 1 aliphatic rings. The Morgan fingerprint density at radius 2 is 1.47 bits per heavy atom. The summed E-state index contributed by atoms with van der Waals surface area (Å²) >= 11 is 0. The normalized spacial score (nSPS) is 18.9. The van der Waals surface area contributed by atoms with E-state index in [1.54, 1.807) is 18.2 Å². The molecule has 2 aromatic rings. The second-order valence-electron chi connectivity index (χ2n) is 7.90. The van der Waals surface area contributed by atoms with Crippen molar-refractivity contribution in [1.29, 1.82) is 0 Å². The van der Waals surface area contributed by atoms with Crippen LogP contribution in [0.4, 0.5) is 0 Å². The molecule has 3 amide bonds. The minimum absolute atomic E-state index is 0.0529. The van der Waals surface area contributed by atoms with Crippen LogP contribution in [0.1, 0.15) is 18.4 Å². The zero-order valence-electron chi connectivity index (χ0n) is 18.1. The highest BCUT2D eigenvalue weighted by atomic mass is 32.2. The van der Waals surface area contributed by atoms with Crippen LogP contribution in [0.15, 0.2) is 65.6 Å². The Labute approximate surface area is 196 Å². The van der Waals surface area contributed by atoms with E-state index in [1.807, 2.05) is 30.3 Å². The Bertz CT molecular complexity index is 1150. The number of aliphatic carboxylic acids is 1. The molecule has 0 radical (unpaired) electrons. The zero-order valence-corrected chi connectivity index (χ0v) is 19.0. The average molecular weight is 488 g/mol.